The second-order valence-corrected chi connectivity index (χ2v) is 7.28. The monoisotopic (exact) mass is 300 g/mol. The SMILES string of the molecule is CCCc1nc(NC)c(C)c(NC(C)CS(C)(=O)=O)n1. The number of hydrogen-bond donors (Lipinski definition) is 2. The number of nitrogens with one attached hydrogen (secondary N) is 2. The predicted molar refractivity (Wildman–Crippen MR) is 83.1 cm³/mol. The first-order valence-corrected chi connectivity index (χ1v) is 8.82. The van der Waals surface area contributed by atoms with Crippen molar-refractivity contribution in [1.29, 1.82) is 0 Å². The second kappa shape index (κ2) is 6.88. The standard InChI is InChI=1S/C13H24N4O2S/c1-6-7-11-16-12(14-4)10(3)13(17-11)15-9(2)8-20(5,18)19/h9H,6-8H2,1-5H3,(H2,14,15,16,17). The first kappa shape index (κ1) is 16.7. The molecule has 1 aromatic heterocycles. The van der Waals surface area contributed by atoms with Gasteiger partial charge in [0.1, 0.15) is 27.3 Å². The fourth-order valence-electron chi connectivity index (χ4n) is 2.01. The van der Waals surface area contributed by atoms with Crippen LogP contribution in [-0.4, -0.2) is 43.5 Å². The normalized spacial score (nSPS) is 13.1. The highest BCUT2D eigenvalue weighted by molar-refractivity contribution is 7.90. The zero-order valence-corrected chi connectivity index (χ0v) is 13.6. The topological polar surface area (TPSA) is 84.0 Å². The average Bonchev–Trinajstić information content (AvgIpc) is 2.31. The predicted octanol–water partition coefficient (Wildman–Crippen LogP) is 1.62. The molecule has 1 rings (SSSR count). The molecule has 0 aromatic carbocycles. The number of rotatable bonds is 7. The van der Waals surface area contributed by atoms with Gasteiger partial charge in [0, 0.05) is 31.3 Å². The molecule has 7 heteroatoms. The van der Waals surface area contributed by atoms with Gasteiger partial charge in [-0.25, -0.2) is 18.4 Å². The van der Waals surface area contributed by atoms with Crippen LogP contribution in [0.5, 0.6) is 0 Å². The second-order valence-electron chi connectivity index (χ2n) is 5.10. The Bertz CT molecular complexity index is 558. The number of sulfone groups is 1. The zero-order valence-electron chi connectivity index (χ0n) is 12.8. The van der Waals surface area contributed by atoms with E-state index in [1.54, 1.807) is 0 Å². The van der Waals surface area contributed by atoms with Gasteiger partial charge in [-0.05, 0) is 20.3 Å². The fourth-order valence-corrected chi connectivity index (χ4v) is 3.00. The molecule has 0 saturated heterocycles. The molecule has 1 unspecified atom stereocenters. The fraction of sp³-hybridized carbons (Fsp3) is 0.692. The molecule has 1 heterocycles. The Labute approximate surface area is 121 Å². The highest BCUT2D eigenvalue weighted by atomic mass is 32.2. The summed E-state index contributed by atoms with van der Waals surface area (Å²) < 4.78 is 22.6. The highest BCUT2D eigenvalue weighted by Crippen LogP contribution is 2.21. The summed E-state index contributed by atoms with van der Waals surface area (Å²) in [5, 5.41) is 6.22. The Hall–Kier alpha value is -1.37. The molecular weight excluding hydrogens is 276 g/mol. The molecule has 0 amide bonds. The lowest BCUT2D eigenvalue weighted by Crippen LogP contribution is -2.26. The Kier molecular flexibility index (Phi) is 5.74. The largest absolute Gasteiger partial charge is 0.373 e. The van der Waals surface area contributed by atoms with Gasteiger partial charge in [-0.15, -0.1) is 0 Å². The molecule has 0 saturated carbocycles. The summed E-state index contributed by atoms with van der Waals surface area (Å²) in [6.45, 7) is 5.82. The molecule has 2 N–H and O–H groups in total. The van der Waals surface area contributed by atoms with Crippen molar-refractivity contribution in [2.75, 3.05) is 29.7 Å². The number of hydrogen-bond acceptors (Lipinski definition) is 6. The Balaban J connectivity index is 3.00. The highest BCUT2D eigenvalue weighted by Gasteiger charge is 2.15. The maximum atomic E-state index is 11.3. The lowest BCUT2D eigenvalue weighted by molar-refractivity contribution is 0.598. The van der Waals surface area contributed by atoms with Crippen LogP contribution in [0.15, 0.2) is 0 Å². The van der Waals surface area contributed by atoms with Crippen LogP contribution < -0.4 is 10.6 Å². The van der Waals surface area contributed by atoms with Crippen molar-refractivity contribution in [2.45, 2.75) is 39.7 Å². The summed E-state index contributed by atoms with van der Waals surface area (Å²) in [6, 6.07) is -0.196. The zero-order chi connectivity index (χ0) is 15.3. The van der Waals surface area contributed by atoms with Crippen LogP contribution in [0.4, 0.5) is 11.6 Å². The quantitative estimate of drug-likeness (QED) is 0.796. The van der Waals surface area contributed by atoms with Crippen molar-refractivity contribution >= 4 is 21.5 Å². The summed E-state index contributed by atoms with van der Waals surface area (Å²) in [5.74, 6) is 2.31. The number of anilines is 2. The number of aryl methyl sites for hydroxylation is 1. The van der Waals surface area contributed by atoms with Crippen molar-refractivity contribution in [3.05, 3.63) is 11.4 Å². The van der Waals surface area contributed by atoms with Gasteiger partial charge in [-0.3, -0.25) is 0 Å². The van der Waals surface area contributed by atoms with Gasteiger partial charge >= 0.3 is 0 Å². The third kappa shape index (κ3) is 4.96. The summed E-state index contributed by atoms with van der Waals surface area (Å²) in [5.41, 5.74) is 0.896. The smallest absolute Gasteiger partial charge is 0.149 e. The van der Waals surface area contributed by atoms with Crippen LogP contribution in [0.25, 0.3) is 0 Å². The number of aromatic nitrogens is 2. The molecule has 0 aliphatic carbocycles. The molecule has 20 heavy (non-hydrogen) atoms. The molecule has 1 atom stereocenters. The van der Waals surface area contributed by atoms with E-state index in [2.05, 4.69) is 27.5 Å². The first-order valence-electron chi connectivity index (χ1n) is 6.76. The van der Waals surface area contributed by atoms with Crippen LogP contribution in [0.1, 0.15) is 31.7 Å². The average molecular weight is 300 g/mol. The minimum absolute atomic E-state index is 0.0778. The van der Waals surface area contributed by atoms with E-state index in [0.717, 1.165) is 30.0 Å². The molecule has 0 radical (unpaired) electrons. The van der Waals surface area contributed by atoms with E-state index in [0.29, 0.717) is 5.82 Å². The molecule has 0 aliphatic rings. The molecule has 0 bridgehead atoms. The van der Waals surface area contributed by atoms with Gasteiger partial charge in [-0.2, -0.15) is 0 Å². The maximum absolute atomic E-state index is 11.3. The molecule has 0 spiro atoms. The Morgan fingerprint density at radius 2 is 1.85 bits per heavy atom. The summed E-state index contributed by atoms with van der Waals surface area (Å²) in [6.07, 6.45) is 2.99. The van der Waals surface area contributed by atoms with Crippen LogP contribution in [0.2, 0.25) is 0 Å². The third-order valence-corrected chi connectivity index (χ3v) is 3.94. The van der Waals surface area contributed by atoms with E-state index >= 15 is 0 Å². The van der Waals surface area contributed by atoms with E-state index in [1.165, 1.54) is 6.26 Å². The Morgan fingerprint density at radius 1 is 1.25 bits per heavy atom. The molecule has 114 valence electrons. The van der Waals surface area contributed by atoms with E-state index in [9.17, 15) is 8.42 Å². The van der Waals surface area contributed by atoms with Gasteiger partial charge in [-0.1, -0.05) is 6.92 Å². The van der Waals surface area contributed by atoms with Crippen LogP contribution in [-0.2, 0) is 16.3 Å². The minimum atomic E-state index is -3.01. The molecule has 0 fully saturated rings. The van der Waals surface area contributed by atoms with Crippen LogP contribution >= 0.6 is 0 Å². The molecular formula is C13H24N4O2S. The van der Waals surface area contributed by atoms with E-state index in [-0.39, 0.29) is 11.8 Å². The first-order chi connectivity index (χ1) is 9.26. The summed E-state index contributed by atoms with van der Waals surface area (Å²) >= 11 is 0. The van der Waals surface area contributed by atoms with Crippen molar-refractivity contribution in [2.24, 2.45) is 0 Å². The van der Waals surface area contributed by atoms with E-state index < -0.39 is 9.84 Å². The van der Waals surface area contributed by atoms with Crippen molar-refractivity contribution < 1.29 is 8.42 Å². The Morgan fingerprint density at radius 3 is 2.35 bits per heavy atom. The molecule has 6 nitrogen and oxygen atoms in total. The van der Waals surface area contributed by atoms with Gasteiger partial charge in [0.15, 0.2) is 0 Å². The van der Waals surface area contributed by atoms with Crippen LogP contribution in [0, 0.1) is 6.92 Å². The van der Waals surface area contributed by atoms with Gasteiger partial charge in [0.25, 0.3) is 0 Å². The van der Waals surface area contributed by atoms with Gasteiger partial charge in [0.05, 0.1) is 5.75 Å². The van der Waals surface area contributed by atoms with Crippen molar-refractivity contribution in [1.82, 2.24) is 9.97 Å². The van der Waals surface area contributed by atoms with Gasteiger partial charge in [0.2, 0.25) is 0 Å². The maximum Gasteiger partial charge on any atom is 0.149 e. The van der Waals surface area contributed by atoms with Crippen molar-refractivity contribution in [3.63, 3.8) is 0 Å². The van der Waals surface area contributed by atoms with E-state index in [1.807, 2.05) is 20.9 Å². The third-order valence-electron chi connectivity index (χ3n) is 2.84. The summed E-state index contributed by atoms with van der Waals surface area (Å²) in [4.78, 5) is 8.93. The van der Waals surface area contributed by atoms with Crippen LogP contribution in [0.3, 0.4) is 0 Å². The minimum Gasteiger partial charge on any atom is -0.373 e. The lowest BCUT2D eigenvalue weighted by atomic mass is 10.2. The summed E-state index contributed by atoms with van der Waals surface area (Å²) in [7, 11) is -1.20. The van der Waals surface area contributed by atoms with Gasteiger partial charge < -0.3 is 10.6 Å². The number of nitrogens with zero attached hydrogens (tertiary/aromatic N) is 2. The molecule has 0 aliphatic heterocycles. The van der Waals surface area contributed by atoms with Crippen molar-refractivity contribution in [3.8, 4) is 0 Å². The molecule has 1 aromatic rings. The lowest BCUT2D eigenvalue weighted by Gasteiger charge is -2.17. The van der Waals surface area contributed by atoms with E-state index in [4.69, 9.17) is 0 Å².